The number of rotatable bonds is 4. The maximum absolute atomic E-state index is 5.89. The molecule has 1 saturated heterocycles. The zero-order valence-corrected chi connectivity index (χ0v) is 11.6. The fourth-order valence-corrected chi connectivity index (χ4v) is 2.70. The summed E-state index contributed by atoms with van der Waals surface area (Å²) in [6, 6.07) is 2.05. The van der Waals surface area contributed by atoms with Crippen LogP contribution in [0.1, 0.15) is 25.1 Å². The van der Waals surface area contributed by atoms with Gasteiger partial charge in [0.25, 0.3) is 0 Å². The minimum atomic E-state index is 0.136. The van der Waals surface area contributed by atoms with Crippen LogP contribution in [0.25, 0.3) is 0 Å². The van der Waals surface area contributed by atoms with E-state index in [1.165, 1.54) is 0 Å². The molecule has 2 unspecified atom stereocenters. The first-order valence-corrected chi connectivity index (χ1v) is 6.84. The molecule has 5 heteroatoms. The molecular formula is C12H19BrN2O2. The van der Waals surface area contributed by atoms with Crippen molar-refractivity contribution in [1.29, 1.82) is 0 Å². The second-order valence-electron chi connectivity index (χ2n) is 4.28. The zero-order valence-electron chi connectivity index (χ0n) is 10.1. The highest BCUT2D eigenvalue weighted by Crippen LogP contribution is 2.29. The van der Waals surface area contributed by atoms with Gasteiger partial charge in [-0.2, -0.15) is 0 Å². The van der Waals surface area contributed by atoms with Gasteiger partial charge in [0.1, 0.15) is 5.76 Å². The molecule has 1 fully saturated rings. The van der Waals surface area contributed by atoms with Crippen LogP contribution in [0.2, 0.25) is 0 Å². The first-order chi connectivity index (χ1) is 8.26. The van der Waals surface area contributed by atoms with Crippen LogP contribution in [0.15, 0.2) is 21.2 Å². The summed E-state index contributed by atoms with van der Waals surface area (Å²) in [5.41, 5.74) is 5.89. The van der Waals surface area contributed by atoms with Crippen molar-refractivity contribution < 1.29 is 9.15 Å². The first kappa shape index (κ1) is 13.1. The molecule has 2 atom stereocenters. The van der Waals surface area contributed by atoms with Crippen molar-refractivity contribution in [3.8, 4) is 0 Å². The predicted octanol–water partition coefficient (Wildman–Crippen LogP) is 2.15. The van der Waals surface area contributed by atoms with Crippen LogP contribution < -0.4 is 5.73 Å². The molecule has 0 aromatic carbocycles. The standard InChI is InChI=1S/C12H19BrN2O2/c1-2-9-8-15(4-6-16-9)11(7-14)12-10(13)3-5-17-12/h3,5,9,11H,2,4,6-8,14H2,1H3. The number of halogens is 1. The molecule has 0 amide bonds. The molecular weight excluding hydrogens is 284 g/mol. The van der Waals surface area contributed by atoms with Gasteiger partial charge in [-0.25, -0.2) is 0 Å². The lowest BCUT2D eigenvalue weighted by atomic mass is 10.1. The van der Waals surface area contributed by atoms with Crippen LogP contribution in [0.5, 0.6) is 0 Å². The monoisotopic (exact) mass is 302 g/mol. The molecule has 4 nitrogen and oxygen atoms in total. The molecule has 0 radical (unpaired) electrons. The van der Waals surface area contributed by atoms with E-state index in [4.69, 9.17) is 14.9 Å². The summed E-state index contributed by atoms with van der Waals surface area (Å²) in [5.74, 6) is 0.921. The van der Waals surface area contributed by atoms with Crippen molar-refractivity contribution in [3.63, 3.8) is 0 Å². The number of furan rings is 1. The fraction of sp³-hybridized carbons (Fsp3) is 0.667. The van der Waals surface area contributed by atoms with E-state index in [9.17, 15) is 0 Å². The summed E-state index contributed by atoms with van der Waals surface area (Å²) < 4.78 is 12.2. The minimum Gasteiger partial charge on any atom is -0.466 e. The van der Waals surface area contributed by atoms with Crippen molar-refractivity contribution in [2.45, 2.75) is 25.5 Å². The van der Waals surface area contributed by atoms with E-state index in [1.54, 1.807) is 6.26 Å². The molecule has 0 aliphatic carbocycles. The van der Waals surface area contributed by atoms with Gasteiger partial charge < -0.3 is 14.9 Å². The summed E-state index contributed by atoms with van der Waals surface area (Å²) >= 11 is 3.50. The smallest absolute Gasteiger partial charge is 0.136 e. The van der Waals surface area contributed by atoms with Crippen LogP contribution in [0.4, 0.5) is 0 Å². The normalized spacial score (nSPS) is 23.8. The lowest BCUT2D eigenvalue weighted by Gasteiger charge is -2.36. The molecule has 2 heterocycles. The van der Waals surface area contributed by atoms with Crippen molar-refractivity contribution in [2.24, 2.45) is 5.73 Å². The SMILES string of the molecule is CCC1CN(C(CN)c2occc2Br)CCO1. The van der Waals surface area contributed by atoms with E-state index in [0.29, 0.717) is 12.6 Å². The maximum atomic E-state index is 5.89. The molecule has 2 rings (SSSR count). The first-order valence-electron chi connectivity index (χ1n) is 6.04. The van der Waals surface area contributed by atoms with Crippen LogP contribution in [-0.2, 0) is 4.74 Å². The predicted molar refractivity (Wildman–Crippen MR) is 69.8 cm³/mol. The Morgan fingerprint density at radius 1 is 1.65 bits per heavy atom. The third kappa shape index (κ3) is 2.91. The van der Waals surface area contributed by atoms with E-state index in [1.807, 2.05) is 6.07 Å². The quantitative estimate of drug-likeness (QED) is 0.926. The number of morpholine rings is 1. The van der Waals surface area contributed by atoms with Gasteiger partial charge in [-0.05, 0) is 28.4 Å². The topological polar surface area (TPSA) is 51.6 Å². The Kier molecular flexibility index (Phi) is 4.62. The maximum Gasteiger partial charge on any atom is 0.136 e. The van der Waals surface area contributed by atoms with E-state index in [0.717, 1.165) is 36.4 Å². The van der Waals surface area contributed by atoms with Crippen LogP contribution in [0, 0.1) is 0 Å². The van der Waals surface area contributed by atoms with E-state index in [-0.39, 0.29) is 6.04 Å². The van der Waals surface area contributed by atoms with E-state index >= 15 is 0 Å². The van der Waals surface area contributed by atoms with Crippen LogP contribution in [0.3, 0.4) is 0 Å². The number of hydrogen-bond acceptors (Lipinski definition) is 4. The molecule has 2 N–H and O–H groups in total. The summed E-state index contributed by atoms with van der Waals surface area (Å²) in [6.45, 7) is 5.31. The Hall–Kier alpha value is -0.360. The highest BCUT2D eigenvalue weighted by molar-refractivity contribution is 9.10. The lowest BCUT2D eigenvalue weighted by Crippen LogP contribution is -2.46. The Morgan fingerprint density at radius 3 is 3.06 bits per heavy atom. The third-order valence-electron chi connectivity index (χ3n) is 3.24. The lowest BCUT2D eigenvalue weighted by molar-refractivity contribution is -0.0464. The summed E-state index contributed by atoms with van der Waals surface area (Å²) in [6.07, 6.45) is 3.04. The number of hydrogen-bond donors (Lipinski definition) is 1. The highest BCUT2D eigenvalue weighted by atomic mass is 79.9. The second-order valence-corrected chi connectivity index (χ2v) is 5.13. The number of ether oxygens (including phenoxy) is 1. The molecule has 17 heavy (non-hydrogen) atoms. The molecule has 0 spiro atoms. The zero-order chi connectivity index (χ0) is 12.3. The Bertz CT molecular complexity index is 356. The van der Waals surface area contributed by atoms with Crippen molar-refractivity contribution in [2.75, 3.05) is 26.2 Å². The van der Waals surface area contributed by atoms with E-state index < -0.39 is 0 Å². The molecule has 0 saturated carbocycles. The molecule has 1 aliphatic rings. The largest absolute Gasteiger partial charge is 0.466 e. The van der Waals surface area contributed by atoms with Crippen molar-refractivity contribution >= 4 is 15.9 Å². The summed E-state index contributed by atoms with van der Waals surface area (Å²) in [4.78, 5) is 2.35. The van der Waals surface area contributed by atoms with Crippen molar-refractivity contribution in [3.05, 3.63) is 22.6 Å². The number of nitrogens with zero attached hydrogens (tertiary/aromatic N) is 1. The average Bonchev–Trinajstić information content (AvgIpc) is 2.77. The van der Waals surface area contributed by atoms with Gasteiger partial charge in [-0.1, -0.05) is 6.92 Å². The Balaban J connectivity index is 2.10. The van der Waals surface area contributed by atoms with Gasteiger partial charge in [0.05, 0.1) is 29.5 Å². The van der Waals surface area contributed by atoms with Gasteiger partial charge in [-0.15, -0.1) is 0 Å². The van der Waals surface area contributed by atoms with Gasteiger partial charge in [-0.3, -0.25) is 4.90 Å². The van der Waals surface area contributed by atoms with Gasteiger partial charge in [0.15, 0.2) is 0 Å². The Morgan fingerprint density at radius 2 is 2.47 bits per heavy atom. The summed E-state index contributed by atoms with van der Waals surface area (Å²) in [7, 11) is 0. The Labute approximate surface area is 110 Å². The minimum absolute atomic E-state index is 0.136. The molecule has 1 aromatic heterocycles. The van der Waals surface area contributed by atoms with Gasteiger partial charge >= 0.3 is 0 Å². The molecule has 1 aromatic rings. The molecule has 0 bridgehead atoms. The van der Waals surface area contributed by atoms with Gasteiger partial charge in [0, 0.05) is 19.6 Å². The number of nitrogens with two attached hydrogens (primary N) is 1. The fourth-order valence-electron chi connectivity index (χ4n) is 2.24. The highest BCUT2D eigenvalue weighted by Gasteiger charge is 2.28. The average molecular weight is 303 g/mol. The van der Waals surface area contributed by atoms with Gasteiger partial charge in [0.2, 0.25) is 0 Å². The third-order valence-corrected chi connectivity index (χ3v) is 3.89. The van der Waals surface area contributed by atoms with Crippen LogP contribution >= 0.6 is 15.9 Å². The molecule has 96 valence electrons. The van der Waals surface area contributed by atoms with Crippen LogP contribution in [-0.4, -0.2) is 37.2 Å². The van der Waals surface area contributed by atoms with E-state index in [2.05, 4.69) is 27.8 Å². The summed E-state index contributed by atoms with van der Waals surface area (Å²) in [5, 5.41) is 0. The second kappa shape index (κ2) is 6.00. The van der Waals surface area contributed by atoms with Crippen molar-refractivity contribution in [1.82, 2.24) is 4.90 Å². The molecule has 1 aliphatic heterocycles.